The van der Waals surface area contributed by atoms with Crippen LogP contribution < -0.4 is 0 Å². The molecule has 0 heterocycles. The molecule has 0 unspecified atom stereocenters. The number of carbonyl (C=O) groups is 2. The van der Waals surface area contributed by atoms with Crippen molar-refractivity contribution in [3.63, 3.8) is 0 Å². The second-order valence-electron chi connectivity index (χ2n) is 3.59. The molecule has 98 valence electrons. The van der Waals surface area contributed by atoms with Crippen LogP contribution in [0.25, 0.3) is 0 Å². The molecule has 0 aliphatic rings. The minimum Gasteiger partial charge on any atom is -0.466 e. The Morgan fingerprint density at radius 3 is 2.50 bits per heavy atom. The van der Waals surface area contributed by atoms with Gasteiger partial charge in [0, 0.05) is 15.8 Å². The van der Waals surface area contributed by atoms with Crippen molar-refractivity contribution < 1.29 is 14.3 Å². The Hall–Kier alpha value is -0.810. The third-order valence-electron chi connectivity index (χ3n) is 2.13. The average molecular weight is 331 g/mol. The van der Waals surface area contributed by atoms with Gasteiger partial charge in [-0.2, -0.15) is 0 Å². The van der Waals surface area contributed by atoms with Crippen molar-refractivity contribution in [2.75, 3.05) is 12.4 Å². The lowest BCUT2D eigenvalue weighted by Gasteiger charge is -2.02. The lowest BCUT2D eigenvalue weighted by molar-refractivity contribution is -0.144. The van der Waals surface area contributed by atoms with Crippen molar-refractivity contribution in [1.29, 1.82) is 0 Å². The van der Waals surface area contributed by atoms with Gasteiger partial charge < -0.3 is 4.74 Å². The summed E-state index contributed by atoms with van der Waals surface area (Å²) in [6.07, 6.45) is 0.427. The van der Waals surface area contributed by atoms with E-state index in [2.05, 4.69) is 15.9 Å². The SMILES string of the molecule is CCOC(=O)CCC(=O)CSc1ccc(Br)cc1. The minimum atomic E-state index is -0.306. The maximum atomic E-state index is 11.6. The fourth-order valence-corrected chi connectivity index (χ4v) is 2.31. The Labute approximate surface area is 119 Å². The molecule has 1 aromatic rings. The first kappa shape index (κ1) is 15.2. The van der Waals surface area contributed by atoms with E-state index >= 15 is 0 Å². The lowest BCUT2D eigenvalue weighted by atomic mass is 10.2. The van der Waals surface area contributed by atoms with E-state index in [9.17, 15) is 9.59 Å². The van der Waals surface area contributed by atoms with Gasteiger partial charge in [0.15, 0.2) is 0 Å². The molecule has 0 N–H and O–H groups in total. The van der Waals surface area contributed by atoms with Crippen LogP contribution in [-0.4, -0.2) is 24.1 Å². The summed E-state index contributed by atoms with van der Waals surface area (Å²) in [4.78, 5) is 23.7. The van der Waals surface area contributed by atoms with E-state index in [1.54, 1.807) is 6.92 Å². The number of carbonyl (C=O) groups excluding carboxylic acids is 2. The predicted molar refractivity (Wildman–Crippen MR) is 75.7 cm³/mol. The Bertz CT molecular complexity index is 403. The number of benzene rings is 1. The molecule has 0 aliphatic heterocycles. The van der Waals surface area contributed by atoms with Crippen LogP contribution in [0.3, 0.4) is 0 Å². The van der Waals surface area contributed by atoms with Crippen molar-refractivity contribution in [2.24, 2.45) is 0 Å². The van der Waals surface area contributed by atoms with Gasteiger partial charge in [-0.3, -0.25) is 9.59 Å². The topological polar surface area (TPSA) is 43.4 Å². The van der Waals surface area contributed by atoms with E-state index in [0.717, 1.165) is 9.37 Å². The molecule has 0 radical (unpaired) electrons. The first-order valence-electron chi connectivity index (χ1n) is 5.67. The van der Waals surface area contributed by atoms with Gasteiger partial charge in [0.25, 0.3) is 0 Å². The van der Waals surface area contributed by atoms with Crippen molar-refractivity contribution in [3.8, 4) is 0 Å². The summed E-state index contributed by atoms with van der Waals surface area (Å²) in [5.74, 6) is 0.150. The van der Waals surface area contributed by atoms with Gasteiger partial charge in [0.2, 0.25) is 0 Å². The largest absolute Gasteiger partial charge is 0.466 e. The normalized spacial score (nSPS) is 10.1. The Kier molecular flexibility index (Phi) is 7.05. The molecule has 0 atom stereocenters. The maximum absolute atomic E-state index is 11.6. The Morgan fingerprint density at radius 1 is 1.22 bits per heavy atom. The average Bonchev–Trinajstić information content (AvgIpc) is 2.36. The van der Waals surface area contributed by atoms with E-state index < -0.39 is 0 Å². The summed E-state index contributed by atoms with van der Waals surface area (Å²) < 4.78 is 5.78. The van der Waals surface area contributed by atoms with Gasteiger partial charge in [-0.1, -0.05) is 15.9 Å². The van der Waals surface area contributed by atoms with E-state index in [0.29, 0.717) is 12.4 Å². The van der Waals surface area contributed by atoms with Gasteiger partial charge in [-0.15, -0.1) is 11.8 Å². The van der Waals surface area contributed by atoms with E-state index in [1.807, 2.05) is 24.3 Å². The maximum Gasteiger partial charge on any atom is 0.306 e. The third-order valence-corrected chi connectivity index (χ3v) is 3.73. The van der Waals surface area contributed by atoms with Crippen LogP contribution >= 0.6 is 27.7 Å². The molecule has 0 spiro atoms. The number of ketones is 1. The molecule has 1 rings (SSSR count). The van der Waals surface area contributed by atoms with Gasteiger partial charge in [0.1, 0.15) is 5.78 Å². The quantitative estimate of drug-likeness (QED) is 0.567. The second kappa shape index (κ2) is 8.32. The third kappa shape index (κ3) is 6.21. The molecular weight excluding hydrogens is 316 g/mol. The van der Waals surface area contributed by atoms with E-state index in [-0.39, 0.29) is 24.6 Å². The number of thioether (sulfide) groups is 1. The second-order valence-corrected chi connectivity index (χ2v) is 5.55. The Balaban J connectivity index is 2.24. The molecule has 0 aliphatic carbocycles. The fourth-order valence-electron chi connectivity index (χ4n) is 1.24. The highest BCUT2D eigenvalue weighted by atomic mass is 79.9. The van der Waals surface area contributed by atoms with E-state index in [1.165, 1.54) is 11.8 Å². The predicted octanol–water partition coefficient (Wildman–Crippen LogP) is 3.45. The summed E-state index contributed by atoms with van der Waals surface area (Å²) in [6.45, 7) is 2.11. The minimum absolute atomic E-state index is 0.0657. The van der Waals surface area contributed by atoms with Crippen LogP contribution in [0.4, 0.5) is 0 Å². The van der Waals surface area contributed by atoms with Crippen LogP contribution in [0.1, 0.15) is 19.8 Å². The number of ether oxygens (including phenoxy) is 1. The van der Waals surface area contributed by atoms with E-state index in [4.69, 9.17) is 4.74 Å². The zero-order valence-corrected chi connectivity index (χ0v) is 12.6. The van der Waals surface area contributed by atoms with Crippen molar-refractivity contribution in [2.45, 2.75) is 24.7 Å². The van der Waals surface area contributed by atoms with Crippen molar-refractivity contribution in [1.82, 2.24) is 0 Å². The smallest absolute Gasteiger partial charge is 0.306 e. The molecule has 1 aromatic carbocycles. The van der Waals surface area contributed by atoms with Crippen molar-refractivity contribution >= 4 is 39.4 Å². The first-order chi connectivity index (χ1) is 8.61. The molecule has 0 bridgehead atoms. The van der Waals surface area contributed by atoms with Crippen LogP contribution in [0.5, 0.6) is 0 Å². The number of halogens is 1. The summed E-state index contributed by atoms with van der Waals surface area (Å²) in [5.41, 5.74) is 0. The van der Waals surface area contributed by atoms with Crippen LogP contribution in [0.2, 0.25) is 0 Å². The highest BCUT2D eigenvalue weighted by Crippen LogP contribution is 2.20. The van der Waals surface area contributed by atoms with Gasteiger partial charge in [-0.25, -0.2) is 0 Å². The van der Waals surface area contributed by atoms with Gasteiger partial charge >= 0.3 is 5.97 Å². The number of esters is 1. The summed E-state index contributed by atoms with van der Waals surface area (Å²) in [6, 6.07) is 7.78. The fraction of sp³-hybridized carbons (Fsp3) is 0.385. The van der Waals surface area contributed by atoms with Crippen LogP contribution in [0.15, 0.2) is 33.6 Å². The standard InChI is InChI=1S/C13H15BrO3S/c1-2-17-13(16)8-5-11(15)9-18-12-6-3-10(14)4-7-12/h3-4,6-7H,2,5,8-9H2,1H3. The number of hydrogen-bond acceptors (Lipinski definition) is 4. The lowest BCUT2D eigenvalue weighted by Crippen LogP contribution is -2.08. The molecule has 0 amide bonds. The zero-order valence-electron chi connectivity index (χ0n) is 10.1. The van der Waals surface area contributed by atoms with Crippen molar-refractivity contribution in [3.05, 3.63) is 28.7 Å². The zero-order chi connectivity index (χ0) is 13.4. The molecule has 0 fully saturated rings. The monoisotopic (exact) mass is 330 g/mol. The number of hydrogen-bond donors (Lipinski definition) is 0. The summed E-state index contributed by atoms with van der Waals surface area (Å²) in [5, 5.41) is 0. The molecule has 3 nitrogen and oxygen atoms in total. The number of Topliss-reactive ketones (excluding diaryl/α,β-unsaturated/α-hetero) is 1. The highest BCUT2D eigenvalue weighted by Gasteiger charge is 2.08. The molecule has 0 saturated heterocycles. The summed E-state index contributed by atoms with van der Waals surface area (Å²) >= 11 is 4.83. The van der Waals surface area contributed by atoms with Gasteiger partial charge in [-0.05, 0) is 31.2 Å². The van der Waals surface area contributed by atoms with Crippen LogP contribution in [0, 0.1) is 0 Å². The summed E-state index contributed by atoms with van der Waals surface area (Å²) in [7, 11) is 0. The van der Waals surface area contributed by atoms with Gasteiger partial charge in [0.05, 0.1) is 18.8 Å². The molecule has 0 saturated carbocycles. The highest BCUT2D eigenvalue weighted by molar-refractivity contribution is 9.10. The molecular formula is C13H15BrO3S. The first-order valence-corrected chi connectivity index (χ1v) is 7.45. The Morgan fingerprint density at radius 2 is 1.89 bits per heavy atom. The molecule has 18 heavy (non-hydrogen) atoms. The van der Waals surface area contributed by atoms with Crippen LogP contribution in [-0.2, 0) is 14.3 Å². The number of rotatable bonds is 7. The molecule has 0 aromatic heterocycles. The molecule has 5 heteroatoms.